The van der Waals surface area contributed by atoms with Gasteiger partial charge in [0, 0.05) is 37.9 Å². The summed E-state index contributed by atoms with van der Waals surface area (Å²) < 4.78 is 0. The number of benzene rings is 2. The molecule has 0 aromatic heterocycles. The molecule has 2 aromatic rings. The van der Waals surface area contributed by atoms with E-state index in [1.54, 1.807) is 24.0 Å². The van der Waals surface area contributed by atoms with Crippen LogP contribution in [0.2, 0.25) is 0 Å². The van der Waals surface area contributed by atoms with Gasteiger partial charge in [-0.1, -0.05) is 36.4 Å². The second-order valence-electron chi connectivity index (χ2n) is 6.96. The SMILES string of the molecule is O=C(CSCCCN1CCN(c2cccc(O)c2)CC1)N/N=C/c1ccccc1. The summed E-state index contributed by atoms with van der Waals surface area (Å²) in [7, 11) is 0. The number of phenols is 1. The summed E-state index contributed by atoms with van der Waals surface area (Å²) in [6, 6.07) is 17.1. The number of thioether (sulfide) groups is 1. The molecule has 29 heavy (non-hydrogen) atoms. The zero-order valence-electron chi connectivity index (χ0n) is 16.5. The minimum absolute atomic E-state index is 0.0677. The second kappa shape index (κ2) is 11.5. The van der Waals surface area contributed by atoms with E-state index in [9.17, 15) is 9.90 Å². The largest absolute Gasteiger partial charge is 0.508 e. The molecule has 1 aliphatic rings. The van der Waals surface area contributed by atoms with Crippen molar-refractivity contribution < 1.29 is 9.90 Å². The Bertz CT molecular complexity index is 792. The standard InChI is InChI=1S/C22H28N4O2S/c27-21-9-4-8-20(16-21)26-13-11-25(12-14-26)10-5-15-29-18-22(28)24-23-17-19-6-2-1-3-7-19/h1-4,6-9,16-17,27H,5,10-15,18H2,(H,24,28)/b23-17+. The van der Waals surface area contributed by atoms with Crippen molar-refractivity contribution in [1.29, 1.82) is 0 Å². The van der Waals surface area contributed by atoms with Gasteiger partial charge in [-0.15, -0.1) is 0 Å². The fraction of sp³-hybridized carbons (Fsp3) is 0.364. The first kappa shape index (κ1) is 21.2. The summed E-state index contributed by atoms with van der Waals surface area (Å²) in [5, 5.41) is 13.6. The first-order chi connectivity index (χ1) is 14.2. The molecule has 0 aliphatic carbocycles. The van der Waals surface area contributed by atoms with Crippen molar-refractivity contribution in [2.24, 2.45) is 5.10 Å². The number of phenolic OH excluding ortho intramolecular Hbond substituents is 1. The van der Waals surface area contributed by atoms with E-state index in [0.717, 1.165) is 56.1 Å². The predicted molar refractivity (Wildman–Crippen MR) is 121 cm³/mol. The van der Waals surface area contributed by atoms with E-state index in [1.807, 2.05) is 48.5 Å². The van der Waals surface area contributed by atoms with Crippen molar-refractivity contribution in [2.45, 2.75) is 6.42 Å². The Morgan fingerprint density at radius 1 is 1.10 bits per heavy atom. The van der Waals surface area contributed by atoms with Gasteiger partial charge in [0.2, 0.25) is 5.91 Å². The van der Waals surface area contributed by atoms with Crippen LogP contribution in [-0.4, -0.2) is 66.4 Å². The molecule has 154 valence electrons. The molecule has 0 atom stereocenters. The van der Waals surface area contributed by atoms with Gasteiger partial charge in [0.15, 0.2) is 0 Å². The molecule has 1 fully saturated rings. The molecule has 7 heteroatoms. The molecule has 1 amide bonds. The molecule has 2 N–H and O–H groups in total. The van der Waals surface area contributed by atoms with Crippen LogP contribution in [-0.2, 0) is 4.79 Å². The van der Waals surface area contributed by atoms with Gasteiger partial charge in [0.05, 0.1) is 12.0 Å². The highest BCUT2D eigenvalue weighted by Gasteiger charge is 2.17. The maximum atomic E-state index is 11.8. The van der Waals surface area contributed by atoms with Gasteiger partial charge in [0.1, 0.15) is 5.75 Å². The van der Waals surface area contributed by atoms with Crippen LogP contribution < -0.4 is 10.3 Å². The van der Waals surface area contributed by atoms with Crippen molar-refractivity contribution in [3.8, 4) is 5.75 Å². The van der Waals surface area contributed by atoms with Crippen LogP contribution in [0.3, 0.4) is 0 Å². The molecule has 2 aromatic carbocycles. The topological polar surface area (TPSA) is 68.2 Å². The Hall–Kier alpha value is -2.51. The summed E-state index contributed by atoms with van der Waals surface area (Å²) in [6.07, 6.45) is 2.72. The fourth-order valence-electron chi connectivity index (χ4n) is 3.22. The van der Waals surface area contributed by atoms with Gasteiger partial charge in [0.25, 0.3) is 0 Å². The maximum absolute atomic E-state index is 11.8. The van der Waals surface area contributed by atoms with Gasteiger partial charge >= 0.3 is 0 Å². The number of nitrogens with zero attached hydrogens (tertiary/aromatic N) is 3. The highest BCUT2D eigenvalue weighted by atomic mass is 32.2. The van der Waals surface area contributed by atoms with Gasteiger partial charge in [-0.3, -0.25) is 9.69 Å². The van der Waals surface area contributed by atoms with Crippen LogP contribution in [0.15, 0.2) is 59.7 Å². The van der Waals surface area contributed by atoms with Crippen molar-refractivity contribution >= 4 is 29.6 Å². The van der Waals surface area contributed by atoms with E-state index in [1.165, 1.54) is 0 Å². The number of carbonyl (C=O) groups is 1. The average Bonchev–Trinajstić information content (AvgIpc) is 2.75. The number of anilines is 1. The Morgan fingerprint density at radius 3 is 2.66 bits per heavy atom. The Morgan fingerprint density at radius 2 is 1.90 bits per heavy atom. The van der Waals surface area contributed by atoms with Crippen molar-refractivity contribution in [1.82, 2.24) is 10.3 Å². The second-order valence-corrected chi connectivity index (χ2v) is 8.06. The Balaban J connectivity index is 1.24. The highest BCUT2D eigenvalue weighted by Crippen LogP contribution is 2.21. The summed E-state index contributed by atoms with van der Waals surface area (Å²) in [6.45, 7) is 5.04. The lowest BCUT2D eigenvalue weighted by atomic mass is 10.2. The molecule has 1 aliphatic heterocycles. The molecule has 0 spiro atoms. The zero-order chi connectivity index (χ0) is 20.3. The number of hydrazone groups is 1. The van der Waals surface area contributed by atoms with Crippen LogP contribution in [0.5, 0.6) is 5.75 Å². The van der Waals surface area contributed by atoms with Gasteiger partial charge in [-0.2, -0.15) is 16.9 Å². The van der Waals surface area contributed by atoms with E-state index in [0.29, 0.717) is 11.5 Å². The van der Waals surface area contributed by atoms with Crippen LogP contribution in [0, 0.1) is 0 Å². The molecule has 1 saturated heterocycles. The third-order valence-corrected chi connectivity index (χ3v) is 5.81. The lowest BCUT2D eigenvalue weighted by Gasteiger charge is -2.36. The van der Waals surface area contributed by atoms with E-state index < -0.39 is 0 Å². The Kier molecular flexibility index (Phi) is 8.40. The fourth-order valence-corrected chi connectivity index (χ4v) is 3.95. The van der Waals surface area contributed by atoms with Crippen LogP contribution in [0.25, 0.3) is 0 Å². The minimum atomic E-state index is -0.0677. The van der Waals surface area contributed by atoms with Crippen LogP contribution in [0.1, 0.15) is 12.0 Å². The summed E-state index contributed by atoms with van der Waals surface area (Å²) in [5.74, 6) is 1.64. The number of piperazine rings is 1. The number of hydrogen-bond donors (Lipinski definition) is 2. The van der Waals surface area contributed by atoms with E-state index in [4.69, 9.17) is 0 Å². The quantitative estimate of drug-likeness (QED) is 0.377. The number of carbonyl (C=O) groups excluding carboxylic acids is 1. The first-order valence-corrected chi connectivity index (χ1v) is 11.1. The van der Waals surface area contributed by atoms with Gasteiger partial charge < -0.3 is 10.0 Å². The normalized spacial score (nSPS) is 15.0. The van der Waals surface area contributed by atoms with Crippen molar-refractivity contribution in [3.05, 3.63) is 60.2 Å². The zero-order valence-corrected chi connectivity index (χ0v) is 17.4. The molecule has 3 rings (SSSR count). The third kappa shape index (κ3) is 7.44. The van der Waals surface area contributed by atoms with E-state index in [-0.39, 0.29) is 5.91 Å². The molecule has 0 saturated carbocycles. The Labute approximate surface area is 176 Å². The summed E-state index contributed by atoms with van der Waals surface area (Å²) in [5.41, 5.74) is 4.62. The lowest BCUT2D eigenvalue weighted by Crippen LogP contribution is -2.46. The van der Waals surface area contributed by atoms with E-state index in [2.05, 4.69) is 20.3 Å². The monoisotopic (exact) mass is 412 g/mol. The summed E-state index contributed by atoms with van der Waals surface area (Å²) >= 11 is 1.64. The predicted octanol–water partition coefficient (Wildman–Crippen LogP) is 2.79. The third-order valence-electron chi connectivity index (χ3n) is 4.77. The number of nitrogens with one attached hydrogen (secondary N) is 1. The van der Waals surface area contributed by atoms with Crippen molar-refractivity contribution in [3.63, 3.8) is 0 Å². The molecule has 6 nitrogen and oxygen atoms in total. The molecule has 0 bridgehead atoms. The van der Waals surface area contributed by atoms with Crippen molar-refractivity contribution in [2.75, 3.05) is 49.1 Å². The smallest absolute Gasteiger partial charge is 0.250 e. The molecular weight excluding hydrogens is 384 g/mol. The molecule has 1 heterocycles. The van der Waals surface area contributed by atoms with Crippen LogP contribution in [0.4, 0.5) is 5.69 Å². The van der Waals surface area contributed by atoms with Crippen LogP contribution >= 0.6 is 11.8 Å². The number of hydrogen-bond acceptors (Lipinski definition) is 6. The summed E-state index contributed by atoms with van der Waals surface area (Å²) in [4.78, 5) is 16.6. The number of rotatable bonds is 9. The van der Waals surface area contributed by atoms with Gasteiger partial charge in [-0.25, -0.2) is 5.43 Å². The van der Waals surface area contributed by atoms with Gasteiger partial charge in [-0.05, 0) is 36.4 Å². The number of amides is 1. The molecule has 0 unspecified atom stereocenters. The number of aromatic hydroxyl groups is 1. The minimum Gasteiger partial charge on any atom is -0.508 e. The average molecular weight is 413 g/mol. The lowest BCUT2D eigenvalue weighted by molar-refractivity contribution is -0.118. The maximum Gasteiger partial charge on any atom is 0.250 e. The highest BCUT2D eigenvalue weighted by molar-refractivity contribution is 7.99. The molecule has 0 radical (unpaired) electrons. The molecular formula is C22H28N4O2S. The first-order valence-electron chi connectivity index (χ1n) is 9.92. The van der Waals surface area contributed by atoms with E-state index >= 15 is 0 Å².